The maximum absolute atomic E-state index is 13.2. The molecule has 0 aliphatic carbocycles. The molecule has 10 heteroatoms. The lowest BCUT2D eigenvalue weighted by Crippen LogP contribution is -2.39. The molecule has 0 saturated heterocycles. The van der Waals surface area contributed by atoms with Crippen LogP contribution in [0.1, 0.15) is 43.6 Å². The van der Waals surface area contributed by atoms with Crippen molar-refractivity contribution in [1.29, 1.82) is 0 Å². The number of aromatic nitrogens is 2. The Balaban J connectivity index is 1.63. The molecule has 2 aromatic carbocycles. The number of aryl methyl sites for hydroxylation is 1. The predicted octanol–water partition coefficient (Wildman–Crippen LogP) is 2.77. The molecule has 35 heavy (non-hydrogen) atoms. The lowest BCUT2D eigenvalue weighted by atomic mass is 10.1. The van der Waals surface area contributed by atoms with Crippen molar-refractivity contribution in [2.45, 2.75) is 26.4 Å². The van der Waals surface area contributed by atoms with Crippen LogP contribution >= 0.6 is 11.3 Å². The molecule has 0 aliphatic heterocycles. The van der Waals surface area contributed by atoms with Crippen LogP contribution in [0.15, 0.2) is 64.3 Å². The van der Waals surface area contributed by atoms with E-state index in [1.165, 1.54) is 22.7 Å². The first-order chi connectivity index (χ1) is 16.8. The lowest BCUT2D eigenvalue weighted by molar-refractivity contribution is 0.0696. The molecule has 0 atom stereocenters. The van der Waals surface area contributed by atoms with Crippen molar-refractivity contribution in [3.63, 3.8) is 0 Å². The van der Waals surface area contributed by atoms with E-state index in [0.717, 1.165) is 27.2 Å². The van der Waals surface area contributed by atoms with E-state index < -0.39 is 17.2 Å². The third-order valence-electron chi connectivity index (χ3n) is 5.60. The molecular weight excluding hydrogens is 470 g/mol. The Bertz CT molecular complexity index is 1510. The van der Waals surface area contributed by atoms with E-state index in [9.17, 15) is 19.2 Å². The molecule has 0 saturated carbocycles. The number of nitrogens with one attached hydrogen (secondary N) is 1. The van der Waals surface area contributed by atoms with Crippen LogP contribution in [0, 0.1) is 0 Å². The van der Waals surface area contributed by atoms with Gasteiger partial charge in [-0.25, -0.2) is 9.59 Å². The fourth-order valence-corrected chi connectivity index (χ4v) is 4.79. The molecule has 0 radical (unpaired) electrons. The summed E-state index contributed by atoms with van der Waals surface area (Å²) in [5, 5.41) is 11.9. The van der Waals surface area contributed by atoms with Crippen molar-refractivity contribution in [2.24, 2.45) is 0 Å². The van der Waals surface area contributed by atoms with E-state index in [1.54, 1.807) is 31.4 Å². The van der Waals surface area contributed by atoms with Gasteiger partial charge in [-0.2, -0.15) is 0 Å². The first-order valence-electron chi connectivity index (χ1n) is 10.8. The van der Waals surface area contributed by atoms with Crippen LogP contribution in [-0.2, 0) is 19.5 Å². The molecule has 4 rings (SSSR count). The fourth-order valence-electron chi connectivity index (χ4n) is 3.67. The van der Waals surface area contributed by atoms with Crippen LogP contribution in [0.2, 0.25) is 0 Å². The highest BCUT2D eigenvalue weighted by Crippen LogP contribution is 2.20. The number of amides is 1. The molecule has 2 N–H and O–H groups in total. The first kappa shape index (κ1) is 24.0. The molecular formula is C25H23N3O6S. The standard InChI is InChI=1S/C25H23N3O6S/c1-3-19-22(30)27(13-16-4-8-17(9-5-16)24(31)32)25(33)28-14-20(35-23(19)28)21(29)26-12-15-6-10-18(34-2)11-7-15/h4-11,14H,3,12-13H2,1-2H3,(H,26,29)(H,31,32). The van der Waals surface area contributed by atoms with Crippen LogP contribution < -0.4 is 21.3 Å². The topological polar surface area (TPSA) is 119 Å². The number of carboxylic acids is 1. The van der Waals surface area contributed by atoms with Gasteiger partial charge in [0.05, 0.1) is 24.8 Å². The van der Waals surface area contributed by atoms with E-state index in [-0.39, 0.29) is 18.0 Å². The number of carbonyl (C=O) groups excluding carboxylic acids is 1. The van der Waals surface area contributed by atoms with Crippen LogP contribution in [0.4, 0.5) is 0 Å². The number of methoxy groups -OCH3 is 1. The molecule has 9 nitrogen and oxygen atoms in total. The van der Waals surface area contributed by atoms with Gasteiger partial charge >= 0.3 is 11.7 Å². The summed E-state index contributed by atoms with van der Waals surface area (Å²) in [7, 11) is 1.58. The minimum Gasteiger partial charge on any atom is -0.497 e. The minimum absolute atomic E-state index is 0.0116. The smallest absolute Gasteiger partial charge is 0.336 e. The van der Waals surface area contributed by atoms with Crippen LogP contribution in [0.25, 0.3) is 4.83 Å². The Morgan fingerprint density at radius 1 is 1.03 bits per heavy atom. The zero-order chi connectivity index (χ0) is 25.1. The number of carbonyl (C=O) groups is 2. The average molecular weight is 494 g/mol. The Hall–Kier alpha value is -4.18. The van der Waals surface area contributed by atoms with Crippen molar-refractivity contribution in [3.05, 3.63) is 103 Å². The van der Waals surface area contributed by atoms with Gasteiger partial charge in [-0.05, 0) is 41.8 Å². The highest BCUT2D eigenvalue weighted by molar-refractivity contribution is 7.19. The summed E-state index contributed by atoms with van der Waals surface area (Å²) in [6.45, 7) is 2.10. The van der Waals surface area contributed by atoms with E-state index in [2.05, 4.69) is 5.32 Å². The second-order valence-corrected chi connectivity index (χ2v) is 8.84. The summed E-state index contributed by atoms with van der Waals surface area (Å²) in [5.74, 6) is -0.686. The van der Waals surface area contributed by atoms with Crippen molar-refractivity contribution < 1.29 is 19.4 Å². The van der Waals surface area contributed by atoms with E-state index in [4.69, 9.17) is 9.84 Å². The van der Waals surface area contributed by atoms with Gasteiger partial charge in [0.25, 0.3) is 11.5 Å². The largest absolute Gasteiger partial charge is 0.497 e. The normalized spacial score (nSPS) is 10.9. The number of benzene rings is 2. The molecule has 0 bridgehead atoms. The molecule has 2 heterocycles. The van der Waals surface area contributed by atoms with Gasteiger partial charge < -0.3 is 15.2 Å². The summed E-state index contributed by atoms with van der Waals surface area (Å²) < 4.78 is 7.57. The number of fused-ring (bicyclic) bond motifs is 1. The fraction of sp³-hybridized carbons (Fsp3) is 0.200. The third kappa shape index (κ3) is 4.87. The van der Waals surface area contributed by atoms with Crippen molar-refractivity contribution >= 4 is 28.0 Å². The second kappa shape index (κ2) is 9.98. The van der Waals surface area contributed by atoms with Gasteiger partial charge in [-0.1, -0.05) is 31.2 Å². The number of hydrogen-bond donors (Lipinski definition) is 2. The number of hydrogen-bond acceptors (Lipinski definition) is 6. The highest BCUT2D eigenvalue weighted by atomic mass is 32.1. The number of aromatic carboxylic acids is 1. The van der Waals surface area contributed by atoms with Gasteiger partial charge in [0.2, 0.25) is 0 Å². The predicted molar refractivity (Wildman–Crippen MR) is 132 cm³/mol. The number of thiazole rings is 1. The molecule has 0 unspecified atom stereocenters. The molecule has 4 aromatic rings. The maximum atomic E-state index is 13.2. The number of carboxylic acid groups (broad SMARTS) is 1. The van der Waals surface area contributed by atoms with E-state index in [0.29, 0.717) is 33.8 Å². The van der Waals surface area contributed by atoms with Gasteiger partial charge in [0.15, 0.2) is 0 Å². The highest BCUT2D eigenvalue weighted by Gasteiger charge is 2.19. The Morgan fingerprint density at radius 2 is 1.69 bits per heavy atom. The molecule has 2 aromatic heterocycles. The van der Waals surface area contributed by atoms with E-state index >= 15 is 0 Å². The average Bonchev–Trinajstić information content (AvgIpc) is 3.31. The maximum Gasteiger partial charge on any atom is 0.336 e. The zero-order valence-electron chi connectivity index (χ0n) is 19.1. The zero-order valence-corrected chi connectivity index (χ0v) is 19.9. The van der Waals surface area contributed by atoms with Crippen molar-refractivity contribution in [1.82, 2.24) is 14.3 Å². The summed E-state index contributed by atoms with van der Waals surface area (Å²) in [6, 6.07) is 13.3. The van der Waals surface area contributed by atoms with Gasteiger partial charge in [0, 0.05) is 12.7 Å². The summed E-state index contributed by atoms with van der Waals surface area (Å²) in [4.78, 5) is 50.9. The summed E-state index contributed by atoms with van der Waals surface area (Å²) in [5.41, 5.74) is 1.07. The Kier molecular flexibility index (Phi) is 6.83. The first-order valence-corrected chi connectivity index (χ1v) is 11.6. The van der Waals surface area contributed by atoms with Crippen LogP contribution in [0.5, 0.6) is 5.75 Å². The Morgan fingerprint density at radius 3 is 2.29 bits per heavy atom. The Labute approximate surface area is 203 Å². The van der Waals surface area contributed by atoms with Crippen LogP contribution in [0.3, 0.4) is 0 Å². The quantitative estimate of drug-likeness (QED) is 0.390. The molecule has 0 aliphatic rings. The van der Waals surface area contributed by atoms with Crippen molar-refractivity contribution in [3.8, 4) is 5.75 Å². The van der Waals surface area contributed by atoms with E-state index in [1.807, 2.05) is 19.1 Å². The minimum atomic E-state index is -1.06. The molecule has 0 spiro atoms. The van der Waals surface area contributed by atoms with Crippen molar-refractivity contribution in [2.75, 3.05) is 7.11 Å². The van der Waals surface area contributed by atoms with Crippen LogP contribution in [-0.4, -0.2) is 33.1 Å². The number of rotatable bonds is 8. The van der Waals surface area contributed by atoms with Gasteiger partial charge in [-0.3, -0.25) is 18.6 Å². The lowest BCUT2D eigenvalue weighted by Gasteiger charge is -2.09. The molecule has 0 fully saturated rings. The monoisotopic (exact) mass is 493 g/mol. The molecule has 1 amide bonds. The number of nitrogens with zero attached hydrogens (tertiary/aromatic N) is 2. The van der Waals surface area contributed by atoms with Gasteiger partial charge in [-0.15, -0.1) is 11.3 Å². The third-order valence-corrected chi connectivity index (χ3v) is 6.75. The number of ether oxygens (including phenoxy) is 1. The summed E-state index contributed by atoms with van der Waals surface area (Å²) >= 11 is 1.10. The SMILES string of the molecule is CCc1c(=O)n(Cc2ccc(C(=O)O)cc2)c(=O)n2cc(C(=O)NCc3ccc(OC)cc3)sc12. The second-order valence-electron chi connectivity index (χ2n) is 7.81. The van der Waals surface area contributed by atoms with Gasteiger partial charge in [0.1, 0.15) is 15.5 Å². The summed E-state index contributed by atoms with van der Waals surface area (Å²) in [6.07, 6.45) is 1.84. The molecule has 180 valence electrons.